The molecule has 7 nitrogen and oxygen atoms in total. The first-order valence-corrected chi connectivity index (χ1v) is 6.99. The van der Waals surface area contributed by atoms with E-state index in [1.807, 2.05) is 0 Å². The van der Waals surface area contributed by atoms with Gasteiger partial charge in [0, 0.05) is 6.04 Å². The molecule has 0 aromatic carbocycles. The Balaban J connectivity index is 2.24. The van der Waals surface area contributed by atoms with Crippen LogP contribution in [0.3, 0.4) is 0 Å². The average Bonchev–Trinajstić information content (AvgIpc) is 2.76. The summed E-state index contributed by atoms with van der Waals surface area (Å²) >= 11 is 0. The van der Waals surface area contributed by atoms with Crippen LogP contribution < -0.4 is 11.1 Å². The van der Waals surface area contributed by atoms with Crippen molar-refractivity contribution in [2.24, 2.45) is 0 Å². The van der Waals surface area contributed by atoms with Crippen molar-refractivity contribution in [2.75, 3.05) is 24.8 Å². The highest BCUT2D eigenvalue weighted by Gasteiger charge is 2.25. The molecule has 0 radical (unpaired) electrons. The van der Waals surface area contributed by atoms with Gasteiger partial charge in [0.05, 0.1) is 20.3 Å². The highest BCUT2D eigenvalue weighted by molar-refractivity contribution is 5.99. The van der Waals surface area contributed by atoms with E-state index in [4.69, 9.17) is 15.6 Å². The zero-order valence-corrected chi connectivity index (χ0v) is 11.8. The van der Waals surface area contributed by atoms with Crippen molar-refractivity contribution < 1.29 is 14.6 Å². The summed E-state index contributed by atoms with van der Waals surface area (Å²) in [6.07, 6.45) is 5.74. The zero-order chi connectivity index (χ0) is 14.5. The highest BCUT2D eigenvalue weighted by Crippen LogP contribution is 2.27. The second kappa shape index (κ2) is 6.60. The van der Waals surface area contributed by atoms with E-state index in [0.29, 0.717) is 11.9 Å². The number of anilines is 2. The molecule has 0 atom stereocenters. The molecule has 112 valence electrons. The van der Waals surface area contributed by atoms with Gasteiger partial charge in [-0.1, -0.05) is 19.3 Å². The van der Waals surface area contributed by atoms with Crippen molar-refractivity contribution >= 4 is 17.6 Å². The maximum atomic E-state index is 11.9. The van der Waals surface area contributed by atoms with Crippen LogP contribution in [0, 0.1) is 0 Å². The average molecular weight is 282 g/mol. The zero-order valence-electron chi connectivity index (χ0n) is 11.8. The predicted octanol–water partition coefficient (Wildman–Crippen LogP) is 0.989. The normalized spacial score (nSPS) is 16.1. The standard InChI is InChI=1S/C13H22N4O3/c1-20-13(19)10-11(14)17(7-8-18)16-12(10)15-9-5-3-2-4-6-9/h9,18H,2-8,14H2,1H3,(H,15,16). The number of esters is 1. The topological polar surface area (TPSA) is 102 Å². The predicted molar refractivity (Wildman–Crippen MR) is 75.6 cm³/mol. The van der Waals surface area contributed by atoms with Gasteiger partial charge >= 0.3 is 5.97 Å². The van der Waals surface area contributed by atoms with Crippen LogP contribution in [0.2, 0.25) is 0 Å². The lowest BCUT2D eigenvalue weighted by atomic mass is 9.95. The molecule has 0 saturated heterocycles. The molecule has 1 aliphatic carbocycles. The van der Waals surface area contributed by atoms with Crippen LogP contribution >= 0.6 is 0 Å². The third kappa shape index (κ3) is 3.04. The fraction of sp³-hybridized carbons (Fsp3) is 0.692. The minimum absolute atomic E-state index is 0.0879. The molecule has 0 amide bonds. The van der Waals surface area contributed by atoms with Crippen molar-refractivity contribution in [3.63, 3.8) is 0 Å². The van der Waals surface area contributed by atoms with Crippen LogP contribution in [-0.4, -0.2) is 40.6 Å². The maximum absolute atomic E-state index is 11.9. The second-order valence-corrected chi connectivity index (χ2v) is 5.03. The van der Waals surface area contributed by atoms with Crippen LogP contribution in [0.5, 0.6) is 0 Å². The summed E-state index contributed by atoms with van der Waals surface area (Å²) in [6, 6.07) is 0.309. The summed E-state index contributed by atoms with van der Waals surface area (Å²) in [4.78, 5) is 11.9. The first kappa shape index (κ1) is 14.6. The van der Waals surface area contributed by atoms with E-state index in [9.17, 15) is 4.79 Å². The van der Waals surface area contributed by atoms with E-state index in [1.165, 1.54) is 31.1 Å². The number of aliphatic hydroxyl groups is 1. The van der Waals surface area contributed by atoms with E-state index < -0.39 is 5.97 Å². The molecule has 7 heteroatoms. The lowest BCUT2D eigenvalue weighted by molar-refractivity contribution is 0.0603. The second-order valence-electron chi connectivity index (χ2n) is 5.03. The Kier molecular flexibility index (Phi) is 4.84. The Hall–Kier alpha value is -1.76. The van der Waals surface area contributed by atoms with Gasteiger partial charge < -0.3 is 20.9 Å². The van der Waals surface area contributed by atoms with E-state index in [1.54, 1.807) is 0 Å². The first-order chi connectivity index (χ1) is 9.67. The molecule has 20 heavy (non-hydrogen) atoms. The largest absolute Gasteiger partial charge is 0.465 e. The molecule has 1 aromatic heterocycles. The number of nitrogens with two attached hydrogens (primary N) is 1. The van der Waals surface area contributed by atoms with Gasteiger partial charge in [0.15, 0.2) is 5.82 Å². The van der Waals surface area contributed by atoms with Crippen molar-refractivity contribution in [1.82, 2.24) is 9.78 Å². The van der Waals surface area contributed by atoms with Crippen molar-refractivity contribution in [3.8, 4) is 0 Å². The van der Waals surface area contributed by atoms with Gasteiger partial charge in [-0.15, -0.1) is 0 Å². The van der Waals surface area contributed by atoms with Gasteiger partial charge in [-0.25, -0.2) is 9.48 Å². The lowest BCUT2D eigenvalue weighted by Crippen LogP contribution is -2.23. The Morgan fingerprint density at radius 1 is 1.50 bits per heavy atom. The molecular formula is C13H22N4O3. The van der Waals surface area contributed by atoms with Gasteiger partial charge in [-0.2, -0.15) is 5.10 Å². The number of methoxy groups -OCH3 is 1. The monoisotopic (exact) mass is 282 g/mol. The van der Waals surface area contributed by atoms with Gasteiger partial charge in [-0.05, 0) is 12.8 Å². The van der Waals surface area contributed by atoms with E-state index in [2.05, 4.69) is 10.4 Å². The molecule has 0 spiro atoms. The Morgan fingerprint density at radius 3 is 2.80 bits per heavy atom. The van der Waals surface area contributed by atoms with E-state index in [0.717, 1.165) is 12.8 Å². The number of nitrogens with one attached hydrogen (secondary N) is 1. The number of carbonyl (C=O) groups is 1. The molecule has 1 heterocycles. The summed E-state index contributed by atoms with van der Waals surface area (Å²) in [5, 5.41) is 16.6. The van der Waals surface area contributed by atoms with Crippen LogP contribution in [0.1, 0.15) is 42.5 Å². The number of hydrogen-bond donors (Lipinski definition) is 3. The number of hydrogen-bond acceptors (Lipinski definition) is 6. The van der Waals surface area contributed by atoms with Crippen LogP contribution in [0.25, 0.3) is 0 Å². The minimum atomic E-state index is -0.509. The SMILES string of the molecule is COC(=O)c1c(NC2CCCCC2)nn(CCO)c1N. The van der Waals surface area contributed by atoms with E-state index in [-0.39, 0.29) is 24.5 Å². The fourth-order valence-corrected chi connectivity index (χ4v) is 2.58. The molecule has 2 rings (SSSR count). The number of nitrogens with zero attached hydrogens (tertiary/aromatic N) is 2. The number of nitrogen functional groups attached to an aromatic ring is 1. The van der Waals surface area contributed by atoms with Crippen LogP contribution in [-0.2, 0) is 11.3 Å². The third-order valence-electron chi connectivity index (χ3n) is 3.64. The molecule has 1 aliphatic rings. The summed E-state index contributed by atoms with van der Waals surface area (Å²) in [7, 11) is 1.32. The number of carbonyl (C=O) groups excluding carboxylic acids is 1. The third-order valence-corrected chi connectivity index (χ3v) is 3.64. The van der Waals surface area contributed by atoms with Gasteiger partial charge in [0.1, 0.15) is 11.4 Å². The molecule has 1 saturated carbocycles. The Bertz CT molecular complexity index is 466. The van der Waals surface area contributed by atoms with Gasteiger partial charge in [-0.3, -0.25) is 0 Å². The molecule has 0 bridgehead atoms. The first-order valence-electron chi connectivity index (χ1n) is 6.99. The summed E-state index contributed by atoms with van der Waals surface area (Å²) < 4.78 is 6.19. The van der Waals surface area contributed by atoms with E-state index >= 15 is 0 Å². The van der Waals surface area contributed by atoms with Crippen molar-refractivity contribution in [2.45, 2.75) is 44.7 Å². The number of rotatable bonds is 5. The summed E-state index contributed by atoms with van der Waals surface area (Å²) in [5.41, 5.74) is 6.18. The number of aliphatic hydroxyl groups excluding tert-OH is 1. The summed E-state index contributed by atoms with van der Waals surface area (Å²) in [6.45, 7) is 0.164. The maximum Gasteiger partial charge on any atom is 0.345 e. The lowest BCUT2D eigenvalue weighted by Gasteiger charge is -2.22. The number of aromatic nitrogens is 2. The summed E-state index contributed by atoms with van der Waals surface area (Å²) in [5.74, 6) is 0.170. The number of ether oxygens (including phenoxy) is 1. The minimum Gasteiger partial charge on any atom is -0.465 e. The molecule has 0 unspecified atom stereocenters. The van der Waals surface area contributed by atoms with Crippen molar-refractivity contribution in [3.05, 3.63) is 5.56 Å². The Morgan fingerprint density at radius 2 is 2.20 bits per heavy atom. The van der Waals surface area contributed by atoms with Gasteiger partial charge in [0.25, 0.3) is 0 Å². The van der Waals surface area contributed by atoms with Crippen molar-refractivity contribution in [1.29, 1.82) is 0 Å². The van der Waals surface area contributed by atoms with Gasteiger partial charge in [0.2, 0.25) is 0 Å². The molecule has 4 N–H and O–H groups in total. The highest BCUT2D eigenvalue weighted by atomic mass is 16.5. The molecule has 0 aliphatic heterocycles. The Labute approximate surface area is 118 Å². The smallest absolute Gasteiger partial charge is 0.345 e. The molecular weight excluding hydrogens is 260 g/mol. The fourth-order valence-electron chi connectivity index (χ4n) is 2.58. The van der Waals surface area contributed by atoms with Crippen LogP contribution in [0.15, 0.2) is 0 Å². The molecule has 1 fully saturated rings. The molecule has 1 aromatic rings. The quantitative estimate of drug-likeness (QED) is 0.696. The van der Waals surface area contributed by atoms with Crippen LogP contribution in [0.4, 0.5) is 11.6 Å².